The molecule has 0 aliphatic heterocycles. The maximum absolute atomic E-state index is 13.1. The summed E-state index contributed by atoms with van der Waals surface area (Å²) in [5, 5.41) is 10.6. The summed E-state index contributed by atoms with van der Waals surface area (Å²) in [6.07, 6.45) is 59.5. The van der Waals surface area contributed by atoms with Gasteiger partial charge in [0.1, 0.15) is 19.3 Å². The molecule has 0 spiro atoms. The molecule has 0 aromatic carbocycles. The fraction of sp³-hybridized carbons (Fsp3) is 0.947. The maximum atomic E-state index is 13.1. The van der Waals surface area contributed by atoms with Crippen molar-refractivity contribution < 1.29 is 80.2 Å². The number of aliphatic hydroxyl groups excluding tert-OH is 1. The second-order valence-electron chi connectivity index (χ2n) is 27.0. The van der Waals surface area contributed by atoms with Gasteiger partial charge in [0.05, 0.1) is 26.4 Å². The van der Waals surface area contributed by atoms with E-state index in [9.17, 15) is 43.2 Å². The van der Waals surface area contributed by atoms with Gasteiger partial charge in [-0.15, -0.1) is 0 Å². The topological polar surface area (TPSA) is 237 Å². The lowest BCUT2D eigenvalue weighted by Gasteiger charge is -2.21. The summed E-state index contributed by atoms with van der Waals surface area (Å²) in [4.78, 5) is 72.7. The molecule has 0 rings (SSSR count). The predicted octanol–water partition coefficient (Wildman–Crippen LogP) is 22.2. The van der Waals surface area contributed by atoms with Crippen molar-refractivity contribution in [3.05, 3.63) is 0 Å². The van der Waals surface area contributed by atoms with Gasteiger partial charge in [-0.3, -0.25) is 37.3 Å². The maximum Gasteiger partial charge on any atom is 0.472 e. The second-order valence-corrected chi connectivity index (χ2v) is 29.9. The first kappa shape index (κ1) is 92.1. The Morgan fingerprint density at radius 2 is 0.426 bits per heavy atom. The van der Waals surface area contributed by atoms with Crippen molar-refractivity contribution in [2.75, 3.05) is 39.6 Å². The van der Waals surface area contributed by atoms with Crippen LogP contribution in [0.2, 0.25) is 0 Å². The van der Waals surface area contributed by atoms with Crippen LogP contribution in [0.25, 0.3) is 0 Å². The number of esters is 4. The molecule has 0 saturated heterocycles. The average molecular weight is 1380 g/mol. The molecule has 0 amide bonds. The molecular formula is C75H146O17P2. The fourth-order valence-electron chi connectivity index (χ4n) is 11.6. The first-order chi connectivity index (χ1) is 45.7. The van der Waals surface area contributed by atoms with Gasteiger partial charge in [0.25, 0.3) is 0 Å². The third kappa shape index (κ3) is 68.6. The van der Waals surface area contributed by atoms with Crippen LogP contribution in [-0.4, -0.2) is 96.7 Å². The summed E-state index contributed by atoms with van der Waals surface area (Å²) >= 11 is 0. The molecule has 0 aromatic rings. The fourth-order valence-corrected chi connectivity index (χ4v) is 13.2. The van der Waals surface area contributed by atoms with Crippen LogP contribution in [0.4, 0.5) is 0 Å². The Balaban J connectivity index is 5.23. The lowest BCUT2D eigenvalue weighted by atomic mass is 10.0. The number of carbonyl (C=O) groups is 4. The second kappa shape index (κ2) is 69.5. The lowest BCUT2D eigenvalue weighted by molar-refractivity contribution is -0.161. The van der Waals surface area contributed by atoms with Crippen molar-refractivity contribution in [1.29, 1.82) is 0 Å². The number of hydrogen-bond donors (Lipinski definition) is 3. The van der Waals surface area contributed by atoms with Gasteiger partial charge in [0.2, 0.25) is 0 Å². The van der Waals surface area contributed by atoms with Crippen molar-refractivity contribution in [2.45, 2.75) is 418 Å². The van der Waals surface area contributed by atoms with Crippen LogP contribution in [0.1, 0.15) is 400 Å². The molecule has 0 heterocycles. The number of hydrogen-bond acceptors (Lipinski definition) is 15. The highest BCUT2D eigenvalue weighted by Gasteiger charge is 2.30. The van der Waals surface area contributed by atoms with Gasteiger partial charge in [-0.25, -0.2) is 9.13 Å². The lowest BCUT2D eigenvalue weighted by Crippen LogP contribution is -2.30. The molecule has 0 aromatic heterocycles. The van der Waals surface area contributed by atoms with Crippen LogP contribution in [0, 0.1) is 0 Å². The minimum atomic E-state index is -4.95. The van der Waals surface area contributed by atoms with Crippen molar-refractivity contribution in [3.8, 4) is 0 Å². The summed E-state index contributed by atoms with van der Waals surface area (Å²) in [6, 6.07) is 0. The molecule has 3 N–H and O–H groups in total. The third-order valence-electron chi connectivity index (χ3n) is 17.6. The Morgan fingerprint density at radius 1 is 0.255 bits per heavy atom. The number of rotatable bonds is 76. The van der Waals surface area contributed by atoms with Crippen LogP contribution < -0.4 is 0 Å². The molecule has 19 heteroatoms. The molecular weight excluding hydrogens is 1230 g/mol. The first-order valence-corrected chi connectivity index (χ1v) is 42.3. The van der Waals surface area contributed by atoms with Crippen molar-refractivity contribution in [3.63, 3.8) is 0 Å². The van der Waals surface area contributed by atoms with Crippen LogP contribution in [0.5, 0.6) is 0 Å². The molecule has 0 aliphatic rings. The van der Waals surface area contributed by atoms with E-state index in [4.69, 9.17) is 37.0 Å². The van der Waals surface area contributed by atoms with Crippen LogP contribution in [0.3, 0.4) is 0 Å². The Bertz CT molecular complexity index is 1790. The summed E-state index contributed by atoms with van der Waals surface area (Å²) in [7, 11) is -9.90. The molecule has 0 saturated carbocycles. The Labute approximate surface area is 575 Å². The monoisotopic (exact) mass is 1380 g/mol. The van der Waals surface area contributed by atoms with E-state index in [2.05, 4.69) is 27.7 Å². The van der Waals surface area contributed by atoms with Gasteiger partial charge in [-0.05, 0) is 25.7 Å². The molecule has 2 unspecified atom stereocenters. The van der Waals surface area contributed by atoms with Gasteiger partial charge in [0, 0.05) is 25.7 Å². The zero-order valence-electron chi connectivity index (χ0n) is 60.9. The molecule has 0 aliphatic carbocycles. The minimum absolute atomic E-state index is 0.108. The number of aliphatic hydroxyl groups is 1. The number of unbranched alkanes of at least 4 members (excludes halogenated alkanes) is 50. The average Bonchev–Trinajstić information content (AvgIpc) is 1.60. The smallest absolute Gasteiger partial charge is 0.462 e. The highest BCUT2D eigenvalue weighted by molar-refractivity contribution is 7.47. The SMILES string of the molecule is CCCCCCCCCCCCCCCCCCC(=O)OC[C@H](COP(=O)(O)OC[C@@H](O)COP(=O)(O)OC[C@@H](COC(=O)CCCCCCCCCCC)OC(=O)CCCCCCCCCCCCCCC)OC(=O)CCCCCCCCCCCCCCCCCC. The van der Waals surface area contributed by atoms with Gasteiger partial charge in [-0.2, -0.15) is 0 Å². The largest absolute Gasteiger partial charge is 0.472 e. The van der Waals surface area contributed by atoms with Crippen molar-refractivity contribution >= 4 is 39.5 Å². The zero-order valence-corrected chi connectivity index (χ0v) is 62.7. The van der Waals surface area contributed by atoms with Crippen molar-refractivity contribution in [2.24, 2.45) is 0 Å². The van der Waals surface area contributed by atoms with E-state index in [0.717, 1.165) is 89.9 Å². The summed E-state index contributed by atoms with van der Waals surface area (Å²) in [5.41, 5.74) is 0. The molecule has 0 fully saturated rings. The summed E-state index contributed by atoms with van der Waals surface area (Å²) < 4.78 is 68.5. The van der Waals surface area contributed by atoms with Crippen LogP contribution in [-0.2, 0) is 65.4 Å². The number of carbonyl (C=O) groups excluding carboxylic acids is 4. The first-order valence-electron chi connectivity index (χ1n) is 39.3. The van der Waals surface area contributed by atoms with Crippen LogP contribution in [0.15, 0.2) is 0 Å². The van der Waals surface area contributed by atoms with Gasteiger partial charge < -0.3 is 33.8 Å². The van der Waals surface area contributed by atoms with Crippen molar-refractivity contribution in [1.82, 2.24) is 0 Å². The van der Waals surface area contributed by atoms with Gasteiger partial charge in [-0.1, -0.05) is 349 Å². The molecule has 94 heavy (non-hydrogen) atoms. The Hall–Kier alpha value is -1.94. The zero-order chi connectivity index (χ0) is 69.0. The number of phosphoric ester groups is 2. The predicted molar refractivity (Wildman–Crippen MR) is 382 cm³/mol. The van der Waals surface area contributed by atoms with E-state index in [1.165, 1.54) is 231 Å². The molecule has 0 bridgehead atoms. The van der Waals surface area contributed by atoms with E-state index in [0.29, 0.717) is 25.7 Å². The Morgan fingerprint density at radius 3 is 0.628 bits per heavy atom. The number of phosphoric acid groups is 2. The van der Waals surface area contributed by atoms with E-state index in [-0.39, 0.29) is 25.7 Å². The van der Waals surface area contributed by atoms with Gasteiger partial charge >= 0.3 is 39.5 Å². The molecule has 0 radical (unpaired) electrons. The normalized spacial score (nSPS) is 13.9. The quantitative estimate of drug-likeness (QED) is 0.0222. The summed E-state index contributed by atoms with van der Waals surface area (Å²) in [6.45, 7) is 4.98. The summed E-state index contributed by atoms with van der Waals surface area (Å²) in [5.74, 6) is -2.11. The van der Waals surface area contributed by atoms with Crippen LogP contribution >= 0.6 is 15.6 Å². The van der Waals surface area contributed by atoms with E-state index < -0.39 is 97.5 Å². The highest BCUT2D eigenvalue weighted by Crippen LogP contribution is 2.45. The number of ether oxygens (including phenoxy) is 4. The minimum Gasteiger partial charge on any atom is -0.462 e. The van der Waals surface area contributed by atoms with E-state index in [1.807, 2.05) is 0 Å². The molecule has 17 nitrogen and oxygen atoms in total. The highest BCUT2D eigenvalue weighted by atomic mass is 31.2. The standard InChI is InChI=1S/C75H146O17P2/c1-5-9-13-17-21-25-28-31-33-35-38-40-44-48-52-56-60-73(78)86-66-71(92-75(80)62-58-54-50-46-42-39-36-34-32-29-26-22-18-14-10-6-2)68-90-94(83,84)88-64-69(76)63-87-93(81,82)89-67-70(65-85-72(77)59-55-51-47-43-24-20-16-12-8-4)91-74(79)61-57-53-49-45-41-37-30-27-23-19-15-11-7-3/h69-71,76H,5-68H2,1-4H3,(H,81,82)(H,83,84)/t69-,70+,71+/m0/s1. The Kier molecular flexibility index (Phi) is 68.1. The van der Waals surface area contributed by atoms with E-state index >= 15 is 0 Å². The molecule has 558 valence electrons. The third-order valence-corrected chi connectivity index (χ3v) is 19.5. The van der Waals surface area contributed by atoms with E-state index in [1.54, 1.807) is 0 Å². The molecule has 5 atom stereocenters. The van der Waals surface area contributed by atoms with Gasteiger partial charge in [0.15, 0.2) is 12.2 Å².